The number of hydrogen-bond donors (Lipinski definition) is 2. The number of likely N-dealkylation sites (N-methyl/N-ethyl adjacent to an activating group) is 1. The van der Waals surface area contributed by atoms with E-state index in [4.69, 9.17) is 0 Å². The molecule has 0 saturated carbocycles. The molecule has 4 heteroatoms. The number of halogens is 1. The Labute approximate surface area is 94.9 Å². The smallest absolute Gasteiger partial charge is 0.127 e. The summed E-state index contributed by atoms with van der Waals surface area (Å²) < 4.78 is 13.1. The second kappa shape index (κ2) is 4.80. The standard InChI is InChI=1S/C12H17FN2O/c1-15(11-2-3-14-7-11)8-9-4-10(13)6-12(16)5-9/h4-6,11,14,16H,2-3,7-8H2,1H3. The fourth-order valence-corrected chi connectivity index (χ4v) is 2.16. The number of hydrogen-bond acceptors (Lipinski definition) is 3. The van der Waals surface area contributed by atoms with Crippen molar-refractivity contribution in [2.24, 2.45) is 0 Å². The minimum Gasteiger partial charge on any atom is -0.508 e. The van der Waals surface area contributed by atoms with E-state index in [1.54, 1.807) is 6.07 Å². The van der Waals surface area contributed by atoms with E-state index in [9.17, 15) is 9.50 Å². The lowest BCUT2D eigenvalue weighted by Gasteiger charge is -2.23. The number of aromatic hydroxyl groups is 1. The summed E-state index contributed by atoms with van der Waals surface area (Å²) in [6.45, 7) is 2.69. The molecule has 1 aliphatic rings. The SMILES string of the molecule is CN(Cc1cc(O)cc(F)c1)C1CCNC1. The van der Waals surface area contributed by atoms with Gasteiger partial charge >= 0.3 is 0 Å². The summed E-state index contributed by atoms with van der Waals surface area (Å²) in [6.07, 6.45) is 1.12. The molecule has 16 heavy (non-hydrogen) atoms. The summed E-state index contributed by atoms with van der Waals surface area (Å²) in [5.41, 5.74) is 0.812. The largest absolute Gasteiger partial charge is 0.508 e. The Balaban J connectivity index is 2.02. The number of phenols is 1. The van der Waals surface area contributed by atoms with Crippen LogP contribution < -0.4 is 5.32 Å². The molecule has 0 bridgehead atoms. The van der Waals surface area contributed by atoms with Gasteiger partial charge in [-0.15, -0.1) is 0 Å². The highest BCUT2D eigenvalue weighted by molar-refractivity contribution is 5.28. The molecule has 1 heterocycles. The van der Waals surface area contributed by atoms with Gasteiger partial charge in [0.05, 0.1) is 0 Å². The van der Waals surface area contributed by atoms with Crippen LogP contribution in [0.1, 0.15) is 12.0 Å². The zero-order valence-corrected chi connectivity index (χ0v) is 9.41. The maximum absolute atomic E-state index is 13.1. The van der Waals surface area contributed by atoms with Gasteiger partial charge in [0, 0.05) is 25.2 Å². The predicted molar refractivity (Wildman–Crippen MR) is 60.8 cm³/mol. The van der Waals surface area contributed by atoms with E-state index in [1.165, 1.54) is 6.07 Å². The Bertz CT molecular complexity index is 344. The first-order valence-electron chi connectivity index (χ1n) is 5.54. The molecular weight excluding hydrogens is 207 g/mol. The third-order valence-corrected chi connectivity index (χ3v) is 3.03. The average Bonchev–Trinajstić information content (AvgIpc) is 2.68. The summed E-state index contributed by atoms with van der Waals surface area (Å²) >= 11 is 0. The van der Waals surface area contributed by atoms with Crippen LogP contribution >= 0.6 is 0 Å². The van der Waals surface area contributed by atoms with Crippen LogP contribution in [-0.4, -0.2) is 36.2 Å². The summed E-state index contributed by atoms with van der Waals surface area (Å²) in [7, 11) is 2.03. The maximum Gasteiger partial charge on any atom is 0.127 e. The third-order valence-electron chi connectivity index (χ3n) is 3.03. The molecule has 1 saturated heterocycles. The van der Waals surface area contributed by atoms with E-state index in [0.717, 1.165) is 31.1 Å². The first kappa shape index (κ1) is 11.4. The van der Waals surface area contributed by atoms with Crippen molar-refractivity contribution >= 4 is 0 Å². The number of phenolic OH excluding ortho intramolecular Hbond substituents is 1. The Hall–Kier alpha value is -1.13. The molecule has 88 valence electrons. The Morgan fingerprint density at radius 1 is 1.50 bits per heavy atom. The normalized spacial score (nSPS) is 20.6. The molecular formula is C12H17FN2O. The summed E-state index contributed by atoms with van der Waals surface area (Å²) in [6, 6.07) is 4.71. The second-order valence-electron chi connectivity index (χ2n) is 4.38. The van der Waals surface area contributed by atoms with E-state index in [2.05, 4.69) is 10.2 Å². The highest BCUT2D eigenvalue weighted by Gasteiger charge is 2.19. The molecule has 1 aromatic rings. The molecule has 3 nitrogen and oxygen atoms in total. The molecule has 1 unspecified atom stereocenters. The Kier molecular flexibility index (Phi) is 3.41. The lowest BCUT2D eigenvalue weighted by Crippen LogP contribution is -2.32. The van der Waals surface area contributed by atoms with E-state index in [1.807, 2.05) is 7.05 Å². The van der Waals surface area contributed by atoms with Crippen LogP contribution in [0.25, 0.3) is 0 Å². The lowest BCUT2D eigenvalue weighted by molar-refractivity contribution is 0.248. The molecule has 2 N–H and O–H groups in total. The number of benzene rings is 1. The fourth-order valence-electron chi connectivity index (χ4n) is 2.16. The van der Waals surface area contributed by atoms with Crippen molar-refractivity contribution in [2.45, 2.75) is 19.0 Å². The Morgan fingerprint density at radius 3 is 2.94 bits per heavy atom. The van der Waals surface area contributed by atoms with Gasteiger partial charge < -0.3 is 10.4 Å². The topological polar surface area (TPSA) is 35.5 Å². The molecule has 0 spiro atoms. The molecule has 1 aromatic carbocycles. The predicted octanol–water partition coefficient (Wildman–Crippen LogP) is 1.32. The fraction of sp³-hybridized carbons (Fsp3) is 0.500. The summed E-state index contributed by atoms with van der Waals surface area (Å²) in [4.78, 5) is 2.19. The zero-order valence-electron chi connectivity index (χ0n) is 9.41. The van der Waals surface area contributed by atoms with Crippen molar-refractivity contribution in [1.29, 1.82) is 0 Å². The van der Waals surface area contributed by atoms with Gasteiger partial charge in [0.25, 0.3) is 0 Å². The van der Waals surface area contributed by atoms with Gasteiger partial charge in [-0.3, -0.25) is 4.90 Å². The average molecular weight is 224 g/mol. The highest BCUT2D eigenvalue weighted by atomic mass is 19.1. The van der Waals surface area contributed by atoms with E-state index in [-0.39, 0.29) is 11.6 Å². The van der Waals surface area contributed by atoms with Gasteiger partial charge in [-0.1, -0.05) is 0 Å². The lowest BCUT2D eigenvalue weighted by atomic mass is 10.1. The van der Waals surface area contributed by atoms with Crippen molar-refractivity contribution in [3.63, 3.8) is 0 Å². The monoisotopic (exact) mass is 224 g/mol. The van der Waals surface area contributed by atoms with Crippen LogP contribution in [0.4, 0.5) is 4.39 Å². The third kappa shape index (κ3) is 2.71. The first-order valence-corrected chi connectivity index (χ1v) is 5.54. The van der Waals surface area contributed by atoms with E-state index in [0.29, 0.717) is 12.6 Å². The molecule has 0 radical (unpaired) electrons. The zero-order chi connectivity index (χ0) is 11.5. The van der Waals surface area contributed by atoms with Crippen molar-refractivity contribution in [3.8, 4) is 5.75 Å². The van der Waals surface area contributed by atoms with Crippen molar-refractivity contribution in [3.05, 3.63) is 29.6 Å². The maximum atomic E-state index is 13.1. The van der Waals surface area contributed by atoms with Gasteiger partial charge in [0.15, 0.2) is 0 Å². The van der Waals surface area contributed by atoms with Gasteiger partial charge in [-0.2, -0.15) is 0 Å². The van der Waals surface area contributed by atoms with Crippen LogP contribution in [0.2, 0.25) is 0 Å². The van der Waals surface area contributed by atoms with Gasteiger partial charge in [-0.05, 0) is 37.7 Å². The van der Waals surface area contributed by atoms with Crippen LogP contribution in [0.15, 0.2) is 18.2 Å². The quantitative estimate of drug-likeness (QED) is 0.813. The molecule has 2 rings (SSSR count). The second-order valence-corrected chi connectivity index (χ2v) is 4.38. The molecule has 1 fully saturated rings. The van der Waals surface area contributed by atoms with Gasteiger partial charge in [0.1, 0.15) is 11.6 Å². The molecule has 0 aliphatic carbocycles. The van der Waals surface area contributed by atoms with Crippen molar-refractivity contribution in [2.75, 3.05) is 20.1 Å². The Morgan fingerprint density at radius 2 is 2.31 bits per heavy atom. The molecule has 0 amide bonds. The van der Waals surface area contributed by atoms with Crippen LogP contribution in [0.3, 0.4) is 0 Å². The van der Waals surface area contributed by atoms with Gasteiger partial charge in [0.2, 0.25) is 0 Å². The minimum atomic E-state index is -0.382. The molecule has 0 aromatic heterocycles. The summed E-state index contributed by atoms with van der Waals surface area (Å²) in [5, 5.41) is 12.6. The summed E-state index contributed by atoms with van der Waals surface area (Å²) in [5.74, 6) is -0.388. The van der Waals surface area contributed by atoms with Crippen LogP contribution in [0, 0.1) is 5.82 Å². The molecule has 1 atom stereocenters. The number of rotatable bonds is 3. The first-order chi connectivity index (χ1) is 7.65. The van der Waals surface area contributed by atoms with E-state index >= 15 is 0 Å². The number of nitrogens with one attached hydrogen (secondary N) is 1. The highest BCUT2D eigenvalue weighted by Crippen LogP contribution is 2.17. The van der Waals surface area contributed by atoms with Crippen LogP contribution in [-0.2, 0) is 6.54 Å². The van der Waals surface area contributed by atoms with Gasteiger partial charge in [-0.25, -0.2) is 4.39 Å². The van der Waals surface area contributed by atoms with Crippen molar-refractivity contribution in [1.82, 2.24) is 10.2 Å². The minimum absolute atomic E-state index is 0.00653. The molecule has 1 aliphatic heterocycles. The number of nitrogens with zero attached hydrogens (tertiary/aromatic N) is 1. The van der Waals surface area contributed by atoms with Crippen LogP contribution in [0.5, 0.6) is 5.75 Å². The van der Waals surface area contributed by atoms with Crippen molar-refractivity contribution < 1.29 is 9.50 Å². The van der Waals surface area contributed by atoms with E-state index < -0.39 is 0 Å².